The molecule has 3 aromatic heterocycles. The van der Waals surface area contributed by atoms with Crippen LogP contribution in [0.3, 0.4) is 0 Å². The van der Waals surface area contributed by atoms with Crippen LogP contribution in [0.4, 0.5) is 0 Å². The zero-order valence-corrected chi connectivity index (χ0v) is 34.6. The van der Waals surface area contributed by atoms with Crippen LogP contribution in [0.15, 0.2) is 224 Å². The molecule has 0 radical (unpaired) electrons. The van der Waals surface area contributed by atoms with E-state index in [-0.39, 0.29) is 0 Å². The summed E-state index contributed by atoms with van der Waals surface area (Å²) >= 11 is 0. The van der Waals surface area contributed by atoms with Crippen molar-refractivity contribution in [2.24, 2.45) is 0 Å². The Morgan fingerprint density at radius 3 is 1.48 bits per heavy atom. The zero-order valence-electron chi connectivity index (χ0n) is 34.6. The molecule has 12 aromatic rings. The first kappa shape index (κ1) is 35.6. The molecule has 0 fully saturated rings. The fourth-order valence-electron chi connectivity index (χ4n) is 10.4. The highest BCUT2D eigenvalue weighted by Gasteiger charge is 2.23. The summed E-state index contributed by atoms with van der Waals surface area (Å²) in [6.07, 6.45) is 9.15. The van der Waals surface area contributed by atoms with Gasteiger partial charge in [0.05, 0.1) is 33.1 Å². The maximum absolute atomic E-state index is 2.48. The first-order chi connectivity index (χ1) is 31.3. The molecular weight excluding hydrogens is 763 g/mol. The molecule has 296 valence electrons. The second kappa shape index (κ2) is 14.2. The van der Waals surface area contributed by atoms with Crippen molar-refractivity contribution in [3.05, 3.63) is 230 Å². The van der Waals surface area contributed by atoms with Crippen LogP contribution in [-0.2, 0) is 0 Å². The van der Waals surface area contributed by atoms with Crippen molar-refractivity contribution in [3.63, 3.8) is 0 Å². The molecule has 0 aliphatic heterocycles. The second-order valence-corrected chi connectivity index (χ2v) is 16.8. The number of nitrogens with zero attached hydrogens (tertiary/aromatic N) is 3. The lowest BCUT2D eigenvalue weighted by molar-refractivity contribution is 1.04. The van der Waals surface area contributed by atoms with Crippen LogP contribution in [0.1, 0.15) is 18.4 Å². The minimum atomic E-state index is 1.06. The number of para-hydroxylation sites is 4. The molecule has 13 rings (SSSR count). The van der Waals surface area contributed by atoms with Gasteiger partial charge in [-0.15, -0.1) is 0 Å². The first-order valence-electron chi connectivity index (χ1n) is 22.0. The first-order valence-corrected chi connectivity index (χ1v) is 22.0. The minimum Gasteiger partial charge on any atom is -0.309 e. The van der Waals surface area contributed by atoms with Crippen LogP contribution in [-0.4, -0.2) is 13.7 Å². The van der Waals surface area contributed by atoms with Gasteiger partial charge in [0.25, 0.3) is 0 Å². The van der Waals surface area contributed by atoms with Gasteiger partial charge in [0.15, 0.2) is 0 Å². The van der Waals surface area contributed by atoms with E-state index in [0.717, 1.165) is 29.9 Å². The van der Waals surface area contributed by atoms with Gasteiger partial charge in [-0.2, -0.15) is 0 Å². The fraction of sp³-hybridized carbons (Fsp3) is 0.0333. The van der Waals surface area contributed by atoms with E-state index in [1.165, 1.54) is 98.8 Å². The van der Waals surface area contributed by atoms with E-state index in [2.05, 4.69) is 238 Å². The Balaban J connectivity index is 1.09. The molecule has 3 heteroatoms. The summed E-state index contributed by atoms with van der Waals surface area (Å²) in [5, 5.41) is 7.49. The summed E-state index contributed by atoms with van der Waals surface area (Å²) in [6, 6.07) is 75.9. The van der Waals surface area contributed by atoms with Gasteiger partial charge in [-0.05, 0) is 126 Å². The average Bonchev–Trinajstić information content (AvgIpc) is 4.00. The molecule has 3 heterocycles. The Morgan fingerprint density at radius 2 is 0.841 bits per heavy atom. The van der Waals surface area contributed by atoms with E-state index in [4.69, 9.17) is 0 Å². The number of hydrogen-bond acceptors (Lipinski definition) is 0. The van der Waals surface area contributed by atoms with E-state index < -0.39 is 0 Å². The van der Waals surface area contributed by atoms with Crippen molar-refractivity contribution >= 4 is 71.0 Å². The summed E-state index contributed by atoms with van der Waals surface area (Å²) in [7, 11) is 0. The van der Waals surface area contributed by atoms with Gasteiger partial charge < -0.3 is 13.7 Å². The lowest BCUT2D eigenvalue weighted by Crippen LogP contribution is -1.96. The normalized spacial score (nSPS) is 13.0. The van der Waals surface area contributed by atoms with Crippen molar-refractivity contribution < 1.29 is 0 Å². The summed E-state index contributed by atoms with van der Waals surface area (Å²) in [5.41, 5.74) is 18.1. The molecule has 0 N–H and O–H groups in total. The molecule has 9 aromatic carbocycles. The largest absolute Gasteiger partial charge is 0.309 e. The van der Waals surface area contributed by atoms with Crippen LogP contribution < -0.4 is 0 Å². The Bertz CT molecular complexity index is 3810. The summed E-state index contributed by atoms with van der Waals surface area (Å²) < 4.78 is 7.37. The number of allylic oxidation sites excluding steroid dienone is 4. The van der Waals surface area contributed by atoms with Gasteiger partial charge in [0.2, 0.25) is 0 Å². The van der Waals surface area contributed by atoms with E-state index in [1.54, 1.807) is 0 Å². The highest BCUT2D eigenvalue weighted by atomic mass is 15.0. The van der Waals surface area contributed by atoms with Gasteiger partial charge in [-0.3, -0.25) is 0 Å². The highest BCUT2D eigenvalue weighted by Crippen LogP contribution is 2.45. The molecule has 3 nitrogen and oxygen atoms in total. The molecule has 1 aliphatic carbocycles. The van der Waals surface area contributed by atoms with E-state index in [0.29, 0.717) is 0 Å². The maximum Gasteiger partial charge on any atom is 0.0641 e. The Morgan fingerprint density at radius 1 is 0.317 bits per heavy atom. The lowest BCUT2D eigenvalue weighted by atomic mass is 9.93. The van der Waals surface area contributed by atoms with Crippen molar-refractivity contribution in [2.45, 2.75) is 12.8 Å². The fourth-order valence-corrected chi connectivity index (χ4v) is 10.4. The molecule has 0 bridgehead atoms. The lowest BCUT2D eigenvalue weighted by Gasteiger charge is -2.15. The Labute approximate surface area is 365 Å². The second-order valence-electron chi connectivity index (χ2n) is 16.8. The van der Waals surface area contributed by atoms with Crippen LogP contribution in [0.2, 0.25) is 0 Å². The van der Waals surface area contributed by atoms with E-state index >= 15 is 0 Å². The van der Waals surface area contributed by atoms with Crippen molar-refractivity contribution in [2.75, 3.05) is 0 Å². The van der Waals surface area contributed by atoms with Crippen molar-refractivity contribution in [3.8, 4) is 39.3 Å². The summed E-state index contributed by atoms with van der Waals surface area (Å²) in [5.74, 6) is 0. The number of fused-ring (bicyclic) bond motifs is 10. The van der Waals surface area contributed by atoms with E-state index in [1.807, 2.05) is 0 Å². The predicted octanol–water partition coefficient (Wildman–Crippen LogP) is 16.0. The quantitative estimate of drug-likeness (QED) is 0.159. The molecule has 0 saturated heterocycles. The Kier molecular flexibility index (Phi) is 8.04. The van der Waals surface area contributed by atoms with Crippen LogP contribution in [0.5, 0.6) is 0 Å². The molecule has 63 heavy (non-hydrogen) atoms. The highest BCUT2D eigenvalue weighted by molar-refractivity contribution is 6.26. The van der Waals surface area contributed by atoms with Gasteiger partial charge in [0, 0.05) is 54.9 Å². The molecule has 0 atom stereocenters. The van der Waals surface area contributed by atoms with Crippen LogP contribution in [0.25, 0.3) is 110 Å². The number of rotatable bonds is 6. The topological polar surface area (TPSA) is 14.8 Å². The number of aromatic nitrogens is 3. The zero-order chi connectivity index (χ0) is 41.4. The number of benzene rings is 9. The monoisotopic (exact) mass is 803 g/mol. The molecular formula is C60H41N3. The van der Waals surface area contributed by atoms with Crippen molar-refractivity contribution in [1.82, 2.24) is 13.7 Å². The van der Waals surface area contributed by atoms with E-state index in [9.17, 15) is 0 Å². The molecule has 1 aliphatic rings. The van der Waals surface area contributed by atoms with Crippen molar-refractivity contribution in [1.29, 1.82) is 0 Å². The minimum absolute atomic E-state index is 1.06. The maximum atomic E-state index is 2.48. The third-order valence-corrected chi connectivity index (χ3v) is 13.2. The average molecular weight is 804 g/mol. The third kappa shape index (κ3) is 5.53. The summed E-state index contributed by atoms with van der Waals surface area (Å²) in [4.78, 5) is 0. The van der Waals surface area contributed by atoms with Gasteiger partial charge in [0.1, 0.15) is 0 Å². The molecule has 0 saturated carbocycles. The SMILES string of the molecule is C1=CC(c2cc(-c3ccccc3)c3c(c2)c2cc(-c4ccc5c(c4)c4ccc6c(c7ccccc7n6-c6ccccc6)c4n5-c4ccccc4)ccc2n3-c2ccccc2)=CCC1. The van der Waals surface area contributed by atoms with Gasteiger partial charge >= 0.3 is 0 Å². The van der Waals surface area contributed by atoms with Gasteiger partial charge in [-0.1, -0.05) is 140 Å². The third-order valence-electron chi connectivity index (χ3n) is 13.2. The summed E-state index contributed by atoms with van der Waals surface area (Å²) in [6.45, 7) is 0. The molecule has 0 spiro atoms. The van der Waals surface area contributed by atoms with Gasteiger partial charge in [-0.25, -0.2) is 0 Å². The smallest absolute Gasteiger partial charge is 0.0641 e. The van der Waals surface area contributed by atoms with Crippen LogP contribution in [0, 0.1) is 0 Å². The molecule has 0 unspecified atom stereocenters. The molecule has 0 amide bonds. The number of hydrogen-bond donors (Lipinski definition) is 0. The van der Waals surface area contributed by atoms with Crippen LogP contribution >= 0.6 is 0 Å². The predicted molar refractivity (Wildman–Crippen MR) is 267 cm³/mol. The standard InChI is InChI=1S/C60H41N3/c1-6-18-40(19-7-1)44-38-50(41-20-8-2-9-21-41)59-53(39-44)52-37-43(31-34-56(52)62(59)46-24-12-4-13-25-46)42-30-33-55-51(36-42)48-32-35-57-58(60(48)63(55)47-26-14-5-15-27-47)49-28-16-17-29-54(49)61(57)45-22-10-3-11-23-45/h2-6,8-39H,1,7H2. The Hall–Kier alpha value is -8.14.